The largest absolute Gasteiger partial charge is 0.493 e. The van der Waals surface area contributed by atoms with E-state index < -0.39 is 0 Å². The zero-order valence-corrected chi connectivity index (χ0v) is 12.0. The highest BCUT2D eigenvalue weighted by Crippen LogP contribution is 2.29. The van der Waals surface area contributed by atoms with Gasteiger partial charge in [0.15, 0.2) is 0 Å². The van der Waals surface area contributed by atoms with Gasteiger partial charge >= 0.3 is 0 Å². The maximum absolute atomic E-state index is 5.56. The summed E-state index contributed by atoms with van der Waals surface area (Å²) in [6.07, 6.45) is 9.23. The predicted octanol–water partition coefficient (Wildman–Crippen LogP) is 4.02. The summed E-state index contributed by atoms with van der Waals surface area (Å²) in [6, 6.07) is 7.11. The van der Waals surface area contributed by atoms with Crippen LogP contribution in [0.25, 0.3) is 0 Å². The molecule has 1 unspecified atom stereocenters. The summed E-state index contributed by atoms with van der Waals surface area (Å²) < 4.78 is 5.56. The zero-order valence-electron chi connectivity index (χ0n) is 12.0. The van der Waals surface area contributed by atoms with Crippen molar-refractivity contribution in [1.29, 1.82) is 0 Å². The molecule has 0 bridgehead atoms. The van der Waals surface area contributed by atoms with Crippen molar-refractivity contribution in [2.24, 2.45) is 0 Å². The second-order valence-corrected chi connectivity index (χ2v) is 5.23. The number of ether oxygens (including phenoxy) is 1. The summed E-state index contributed by atoms with van der Waals surface area (Å²) >= 11 is 0. The fourth-order valence-corrected chi connectivity index (χ4v) is 2.71. The molecule has 0 saturated carbocycles. The maximum Gasteiger partial charge on any atom is 0.122 e. The molecule has 0 spiro atoms. The average Bonchev–Trinajstić information content (AvgIpc) is 2.90. The van der Waals surface area contributed by atoms with Gasteiger partial charge in [-0.05, 0) is 43.5 Å². The quantitative estimate of drug-likeness (QED) is 0.562. The van der Waals surface area contributed by atoms with Crippen LogP contribution in [0.3, 0.4) is 0 Å². The first-order valence-electron chi connectivity index (χ1n) is 7.39. The number of allylic oxidation sites excluding steroid dienone is 1. The summed E-state index contributed by atoms with van der Waals surface area (Å²) in [4.78, 5) is 0. The molecular formula is C17H25NO. The van der Waals surface area contributed by atoms with Crippen LogP contribution in [-0.4, -0.2) is 13.7 Å². The number of rotatable bonds is 8. The number of hydrogen-bond acceptors (Lipinski definition) is 2. The molecule has 104 valence electrons. The Hall–Kier alpha value is -1.28. The molecule has 0 aromatic heterocycles. The van der Waals surface area contributed by atoms with Crippen molar-refractivity contribution in [1.82, 2.24) is 5.32 Å². The summed E-state index contributed by atoms with van der Waals surface area (Å²) in [5.74, 6) is 1.07. The lowest BCUT2D eigenvalue weighted by molar-refractivity contribution is 0.356. The van der Waals surface area contributed by atoms with E-state index in [0.29, 0.717) is 6.04 Å². The van der Waals surface area contributed by atoms with E-state index in [0.717, 1.165) is 25.2 Å². The van der Waals surface area contributed by atoms with E-state index in [9.17, 15) is 0 Å². The number of hydrogen-bond donors (Lipinski definition) is 1. The fraction of sp³-hybridized carbons (Fsp3) is 0.529. The lowest BCUT2D eigenvalue weighted by Gasteiger charge is -2.17. The van der Waals surface area contributed by atoms with Crippen LogP contribution >= 0.6 is 0 Å². The number of nitrogens with one attached hydrogen (secondary N) is 1. The summed E-state index contributed by atoms with van der Waals surface area (Å²) in [5, 5.41) is 3.44. The average molecular weight is 259 g/mol. The van der Waals surface area contributed by atoms with E-state index in [-0.39, 0.29) is 0 Å². The Morgan fingerprint density at radius 3 is 3.05 bits per heavy atom. The van der Waals surface area contributed by atoms with Gasteiger partial charge in [-0.3, -0.25) is 0 Å². The van der Waals surface area contributed by atoms with Gasteiger partial charge in [-0.1, -0.05) is 31.1 Å². The zero-order chi connectivity index (χ0) is 13.5. The molecule has 1 aliphatic rings. The molecule has 19 heavy (non-hydrogen) atoms. The van der Waals surface area contributed by atoms with E-state index in [1.165, 1.54) is 36.8 Å². The van der Waals surface area contributed by atoms with Crippen molar-refractivity contribution in [3.63, 3.8) is 0 Å². The van der Waals surface area contributed by atoms with Crippen LogP contribution < -0.4 is 10.1 Å². The first-order valence-corrected chi connectivity index (χ1v) is 7.39. The van der Waals surface area contributed by atoms with Gasteiger partial charge in [0.05, 0.1) is 6.61 Å². The second-order valence-electron chi connectivity index (χ2n) is 5.23. The fourth-order valence-electron chi connectivity index (χ4n) is 2.71. The highest BCUT2D eigenvalue weighted by Gasteiger charge is 2.15. The van der Waals surface area contributed by atoms with Gasteiger partial charge < -0.3 is 10.1 Å². The van der Waals surface area contributed by atoms with Crippen LogP contribution in [0.2, 0.25) is 0 Å². The van der Waals surface area contributed by atoms with Gasteiger partial charge in [-0.15, -0.1) is 6.58 Å². The first kappa shape index (κ1) is 14.1. The Bertz CT molecular complexity index is 414. The predicted molar refractivity (Wildman–Crippen MR) is 80.7 cm³/mol. The third kappa shape index (κ3) is 3.84. The van der Waals surface area contributed by atoms with Crippen LogP contribution in [0.4, 0.5) is 0 Å². The lowest BCUT2D eigenvalue weighted by atomic mass is 9.98. The molecule has 1 atom stereocenters. The van der Waals surface area contributed by atoms with E-state index in [1.54, 1.807) is 0 Å². The van der Waals surface area contributed by atoms with Gasteiger partial charge in [0.1, 0.15) is 5.75 Å². The van der Waals surface area contributed by atoms with E-state index in [4.69, 9.17) is 4.74 Å². The molecule has 1 heterocycles. The van der Waals surface area contributed by atoms with E-state index >= 15 is 0 Å². The van der Waals surface area contributed by atoms with Crippen LogP contribution in [0.15, 0.2) is 30.9 Å². The minimum absolute atomic E-state index is 0.467. The van der Waals surface area contributed by atoms with Gasteiger partial charge in [-0.25, -0.2) is 0 Å². The minimum Gasteiger partial charge on any atom is -0.493 e. The molecule has 2 heteroatoms. The van der Waals surface area contributed by atoms with Crippen molar-refractivity contribution in [3.8, 4) is 5.75 Å². The maximum atomic E-state index is 5.56. The Balaban J connectivity index is 1.88. The van der Waals surface area contributed by atoms with Crippen LogP contribution in [0, 0.1) is 0 Å². The first-order chi connectivity index (χ1) is 9.35. The normalized spacial score (nSPS) is 14.8. The summed E-state index contributed by atoms with van der Waals surface area (Å²) in [5.41, 5.74) is 2.76. The van der Waals surface area contributed by atoms with Gasteiger partial charge in [0, 0.05) is 12.5 Å². The van der Waals surface area contributed by atoms with Crippen LogP contribution in [-0.2, 0) is 6.42 Å². The molecule has 0 radical (unpaired) electrons. The Morgan fingerprint density at radius 2 is 2.26 bits per heavy atom. The number of fused-ring (bicyclic) bond motifs is 1. The summed E-state index contributed by atoms with van der Waals surface area (Å²) in [6.45, 7) is 4.60. The molecule has 1 aliphatic heterocycles. The SMILES string of the molecule is C=CCCCCCC(NC)c1ccc2c(c1)CCO2. The smallest absolute Gasteiger partial charge is 0.122 e. The molecule has 0 saturated heterocycles. The second kappa shape index (κ2) is 7.34. The topological polar surface area (TPSA) is 21.3 Å². The number of unbranched alkanes of at least 4 members (excludes halogenated alkanes) is 3. The highest BCUT2D eigenvalue weighted by atomic mass is 16.5. The minimum atomic E-state index is 0.467. The Labute approximate surface area is 116 Å². The van der Waals surface area contributed by atoms with Crippen molar-refractivity contribution in [3.05, 3.63) is 42.0 Å². The third-order valence-corrected chi connectivity index (χ3v) is 3.87. The molecule has 0 aliphatic carbocycles. The third-order valence-electron chi connectivity index (χ3n) is 3.87. The molecule has 2 rings (SSSR count). The molecule has 1 N–H and O–H groups in total. The molecule has 0 amide bonds. The van der Waals surface area contributed by atoms with Crippen molar-refractivity contribution < 1.29 is 4.74 Å². The van der Waals surface area contributed by atoms with Crippen molar-refractivity contribution in [2.45, 2.75) is 44.6 Å². The monoisotopic (exact) mass is 259 g/mol. The molecule has 1 aromatic carbocycles. The Morgan fingerprint density at radius 1 is 1.37 bits per heavy atom. The molecule has 1 aromatic rings. The van der Waals surface area contributed by atoms with E-state index in [2.05, 4.69) is 37.1 Å². The standard InChI is InChI=1S/C17H25NO/c1-3-4-5-6-7-8-16(18-2)14-9-10-17-15(13-14)11-12-19-17/h3,9-10,13,16,18H,1,4-8,11-12H2,2H3. The lowest BCUT2D eigenvalue weighted by Crippen LogP contribution is -2.16. The Kier molecular flexibility index (Phi) is 5.46. The van der Waals surface area contributed by atoms with E-state index in [1.807, 2.05) is 6.08 Å². The molecule has 2 nitrogen and oxygen atoms in total. The summed E-state index contributed by atoms with van der Waals surface area (Å²) in [7, 11) is 2.05. The van der Waals surface area contributed by atoms with Crippen molar-refractivity contribution in [2.75, 3.05) is 13.7 Å². The highest BCUT2D eigenvalue weighted by molar-refractivity contribution is 5.40. The number of benzene rings is 1. The molecule has 0 fully saturated rings. The van der Waals surface area contributed by atoms with Gasteiger partial charge in [0.2, 0.25) is 0 Å². The van der Waals surface area contributed by atoms with Gasteiger partial charge in [-0.2, -0.15) is 0 Å². The van der Waals surface area contributed by atoms with Crippen LogP contribution in [0.1, 0.15) is 49.3 Å². The molecular weight excluding hydrogens is 234 g/mol. The van der Waals surface area contributed by atoms with Crippen LogP contribution in [0.5, 0.6) is 5.75 Å². The van der Waals surface area contributed by atoms with Gasteiger partial charge in [0.25, 0.3) is 0 Å². The van der Waals surface area contributed by atoms with Crippen molar-refractivity contribution >= 4 is 0 Å².